The van der Waals surface area contributed by atoms with Gasteiger partial charge in [-0.15, -0.1) is 11.3 Å². The highest BCUT2D eigenvalue weighted by Crippen LogP contribution is 2.41. The van der Waals surface area contributed by atoms with Crippen molar-refractivity contribution in [1.29, 1.82) is 0 Å². The van der Waals surface area contributed by atoms with Gasteiger partial charge in [-0.1, -0.05) is 19.9 Å². The quantitative estimate of drug-likeness (QED) is 0.421. The molecule has 3 aromatic heterocycles. The SMILES string of the molecule is CCc1nc(N2CCN(S(=O)(=O)c3cccc4nonc34)CC2)c2c3c(sc2n1)CC(C)CC3. The molecule has 9 nitrogen and oxygen atoms in total. The maximum Gasteiger partial charge on any atom is 0.245 e. The number of thiophene rings is 1. The second-order valence-corrected chi connectivity index (χ2v) is 12.1. The minimum atomic E-state index is -3.72. The number of benzene rings is 1. The van der Waals surface area contributed by atoms with Crippen LogP contribution < -0.4 is 4.90 Å². The Hall–Kier alpha value is -2.63. The molecule has 4 heterocycles. The van der Waals surface area contributed by atoms with Crippen LogP contribution in [0.2, 0.25) is 0 Å². The van der Waals surface area contributed by atoms with Gasteiger partial charge >= 0.3 is 0 Å². The highest BCUT2D eigenvalue weighted by atomic mass is 32.2. The molecule has 1 aromatic carbocycles. The maximum absolute atomic E-state index is 13.4. The smallest absolute Gasteiger partial charge is 0.245 e. The molecule has 1 saturated heterocycles. The van der Waals surface area contributed by atoms with Crippen LogP contribution in [0.25, 0.3) is 21.3 Å². The van der Waals surface area contributed by atoms with Crippen LogP contribution >= 0.6 is 11.3 Å². The molecule has 0 bridgehead atoms. The van der Waals surface area contributed by atoms with Gasteiger partial charge < -0.3 is 4.90 Å². The topological polar surface area (TPSA) is 105 Å². The zero-order valence-corrected chi connectivity index (χ0v) is 20.8. The first-order valence-corrected chi connectivity index (χ1v) is 14.0. The summed E-state index contributed by atoms with van der Waals surface area (Å²) in [6, 6.07) is 4.92. The first kappa shape index (κ1) is 21.9. The average molecular weight is 499 g/mol. The van der Waals surface area contributed by atoms with Gasteiger partial charge in [-0.3, -0.25) is 0 Å². The monoisotopic (exact) mass is 498 g/mol. The fourth-order valence-electron chi connectivity index (χ4n) is 5.02. The molecule has 0 spiro atoms. The molecule has 1 fully saturated rings. The van der Waals surface area contributed by atoms with Crippen molar-refractivity contribution in [2.45, 2.75) is 44.4 Å². The van der Waals surface area contributed by atoms with E-state index in [1.165, 1.54) is 26.6 Å². The van der Waals surface area contributed by atoms with Gasteiger partial charge in [-0.2, -0.15) is 4.31 Å². The maximum atomic E-state index is 13.4. The van der Waals surface area contributed by atoms with Gasteiger partial charge in [0.25, 0.3) is 0 Å². The van der Waals surface area contributed by atoms with Crippen molar-refractivity contribution in [3.63, 3.8) is 0 Å². The van der Waals surface area contributed by atoms with Crippen molar-refractivity contribution in [2.75, 3.05) is 31.1 Å². The van der Waals surface area contributed by atoms with Gasteiger partial charge in [-0.05, 0) is 53.2 Å². The van der Waals surface area contributed by atoms with Crippen LogP contribution in [0.15, 0.2) is 27.7 Å². The molecule has 6 rings (SSSR count). The van der Waals surface area contributed by atoms with E-state index in [1.54, 1.807) is 18.2 Å². The highest BCUT2D eigenvalue weighted by molar-refractivity contribution is 7.89. The molecule has 1 atom stereocenters. The summed E-state index contributed by atoms with van der Waals surface area (Å²) in [5, 5.41) is 8.78. The largest absolute Gasteiger partial charge is 0.353 e. The lowest BCUT2D eigenvalue weighted by atomic mass is 9.89. The van der Waals surface area contributed by atoms with E-state index in [-0.39, 0.29) is 10.4 Å². The summed E-state index contributed by atoms with van der Waals surface area (Å²) in [6.07, 6.45) is 4.11. The van der Waals surface area contributed by atoms with Crippen LogP contribution in [-0.4, -0.2) is 59.2 Å². The average Bonchev–Trinajstić information content (AvgIpc) is 3.47. The zero-order chi connectivity index (χ0) is 23.4. The lowest BCUT2D eigenvalue weighted by Gasteiger charge is -2.35. The molecule has 11 heteroatoms. The second kappa shape index (κ2) is 8.24. The highest BCUT2D eigenvalue weighted by Gasteiger charge is 2.33. The molecule has 0 saturated carbocycles. The fraction of sp³-hybridized carbons (Fsp3) is 0.478. The molecule has 0 N–H and O–H groups in total. The first-order valence-electron chi connectivity index (χ1n) is 11.7. The van der Waals surface area contributed by atoms with E-state index in [0.717, 1.165) is 35.7 Å². The van der Waals surface area contributed by atoms with Crippen molar-refractivity contribution >= 4 is 48.4 Å². The number of aryl methyl sites for hydroxylation is 2. The van der Waals surface area contributed by atoms with Crippen LogP contribution in [0.1, 0.15) is 36.5 Å². The molecule has 178 valence electrons. The Morgan fingerprint density at radius 2 is 1.97 bits per heavy atom. The Kier molecular flexibility index (Phi) is 5.30. The third-order valence-electron chi connectivity index (χ3n) is 6.90. The Bertz CT molecular complexity index is 1490. The molecule has 0 radical (unpaired) electrons. The predicted octanol–water partition coefficient (Wildman–Crippen LogP) is 3.43. The second-order valence-electron chi connectivity index (χ2n) is 9.13. The molecule has 34 heavy (non-hydrogen) atoms. The summed E-state index contributed by atoms with van der Waals surface area (Å²) < 4.78 is 33.1. The van der Waals surface area contributed by atoms with Gasteiger partial charge in [0.15, 0.2) is 5.52 Å². The standard InChI is InChI=1S/C23H26N6O3S2/c1-3-19-24-22(20-15-8-7-14(2)13-17(15)33-23(20)25-19)28-9-11-29(12-10-28)34(30,31)18-6-4-5-16-21(18)27-32-26-16/h4-6,14H,3,7-13H2,1-2H3. The minimum absolute atomic E-state index is 0.137. The van der Waals surface area contributed by atoms with Crippen molar-refractivity contribution in [2.24, 2.45) is 5.92 Å². The minimum Gasteiger partial charge on any atom is -0.353 e. The van der Waals surface area contributed by atoms with Gasteiger partial charge in [0.2, 0.25) is 10.0 Å². The molecule has 1 aliphatic heterocycles. The fourth-order valence-corrected chi connectivity index (χ4v) is 7.98. The molecule has 0 amide bonds. The van der Waals surface area contributed by atoms with E-state index in [4.69, 9.17) is 14.6 Å². The third kappa shape index (κ3) is 3.48. The van der Waals surface area contributed by atoms with Crippen LogP contribution in [0, 0.1) is 5.92 Å². The number of nitrogens with zero attached hydrogens (tertiary/aromatic N) is 6. The number of aromatic nitrogens is 4. The summed E-state index contributed by atoms with van der Waals surface area (Å²) in [7, 11) is -3.72. The third-order valence-corrected chi connectivity index (χ3v) is 9.98. The van der Waals surface area contributed by atoms with Crippen LogP contribution in [-0.2, 0) is 29.3 Å². The predicted molar refractivity (Wildman–Crippen MR) is 131 cm³/mol. The number of anilines is 1. The Morgan fingerprint density at radius 1 is 1.15 bits per heavy atom. The number of rotatable bonds is 4. The summed E-state index contributed by atoms with van der Waals surface area (Å²) in [5.74, 6) is 2.50. The molecular weight excluding hydrogens is 472 g/mol. The zero-order valence-electron chi connectivity index (χ0n) is 19.2. The number of sulfonamides is 1. The lowest BCUT2D eigenvalue weighted by molar-refractivity contribution is 0.315. The lowest BCUT2D eigenvalue weighted by Crippen LogP contribution is -2.49. The van der Waals surface area contributed by atoms with Crippen LogP contribution in [0.5, 0.6) is 0 Å². The van der Waals surface area contributed by atoms with Crippen molar-refractivity contribution in [3.05, 3.63) is 34.5 Å². The number of hydrogen-bond acceptors (Lipinski definition) is 9. The van der Waals surface area contributed by atoms with Crippen molar-refractivity contribution in [1.82, 2.24) is 24.6 Å². The van der Waals surface area contributed by atoms with E-state index in [9.17, 15) is 8.42 Å². The Balaban J connectivity index is 1.32. The molecule has 2 aliphatic rings. The van der Waals surface area contributed by atoms with Gasteiger partial charge in [0, 0.05) is 37.5 Å². The number of fused-ring (bicyclic) bond motifs is 4. The van der Waals surface area contributed by atoms with E-state index in [1.807, 2.05) is 11.3 Å². The first-order chi connectivity index (χ1) is 16.5. The summed E-state index contributed by atoms with van der Waals surface area (Å²) in [6.45, 7) is 6.28. The summed E-state index contributed by atoms with van der Waals surface area (Å²) in [5.41, 5.74) is 2.11. The number of piperazine rings is 1. The normalized spacial score (nSPS) is 19.7. The molecule has 1 unspecified atom stereocenters. The van der Waals surface area contributed by atoms with Gasteiger partial charge in [-0.25, -0.2) is 23.0 Å². The Morgan fingerprint density at radius 3 is 2.76 bits per heavy atom. The van der Waals surface area contributed by atoms with E-state index < -0.39 is 10.0 Å². The van der Waals surface area contributed by atoms with E-state index in [0.29, 0.717) is 37.6 Å². The summed E-state index contributed by atoms with van der Waals surface area (Å²) >= 11 is 1.81. The van der Waals surface area contributed by atoms with Crippen molar-refractivity contribution in [3.8, 4) is 0 Å². The van der Waals surface area contributed by atoms with Gasteiger partial charge in [0.05, 0.1) is 5.39 Å². The van der Waals surface area contributed by atoms with E-state index >= 15 is 0 Å². The van der Waals surface area contributed by atoms with Crippen LogP contribution in [0.3, 0.4) is 0 Å². The van der Waals surface area contributed by atoms with Gasteiger partial charge in [0.1, 0.15) is 26.9 Å². The van der Waals surface area contributed by atoms with Crippen molar-refractivity contribution < 1.29 is 13.0 Å². The molecule has 4 aromatic rings. The molecule has 1 aliphatic carbocycles. The Labute approximate surface area is 201 Å². The number of hydrogen-bond donors (Lipinski definition) is 0. The molecular formula is C23H26N6O3S2. The van der Waals surface area contributed by atoms with Crippen LogP contribution in [0.4, 0.5) is 5.82 Å². The summed E-state index contributed by atoms with van der Waals surface area (Å²) in [4.78, 5) is 14.7. The van der Waals surface area contributed by atoms with E-state index in [2.05, 4.69) is 29.1 Å².